The SMILES string of the molecule is Cc1nc(C(N)=O)[c-]c(N)c1F.[W]. The first-order valence-corrected chi connectivity index (χ1v) is 3.17. The molecule has 0 saturated heterocycles. The van der Waals surface area contributed by atoms with Crippen LogP contribution >= 0.6 is 0 Å². The minimum absolute atomic E-state index is 0. The van der Waals surface area contributed by atoms with Crippen molar-refractivity contribution in [2.75, 3.05) is 5.73 Å². The smallest absolute Gasteiger partial charge is 0.163 e. The largest absolute Gasteiger partial charge is 0.417 e. The van der Waals surface area contributed by atoms with Gasteiger partial charge in [-0.2, -0.15) is 0 Å². The Morgan fingerprint density at radius 3 is 2.54 bits per heavy atom. The summed E-state index contributed by atoms with van der Waals surface area (Å²) >= 11 is 0. The zero-order chi connectivity index (χ0) is 9.30. The van der Waals surface area contributed by atoms with Crippen molar-refractivity contribution in [2.45, 2.75) is 6.92 Å². The van der Waals surface area contributed by atoms with Crippen LogP contribution in [0.15, 0.2) is 0 Å². The molecule has 0 aliphatic rings. The van der Waals surface area contributed by atoms with Crippen LogP contribution in [0.25, 0.3) is 0 Å². The Bertz CT molecular complexity index is 320. The van der Waals surface area contributed by atoms with E-state index >= 15 is 0 Å². The van der Waals surface area contributed by atoms with Crippen LogP contribution in [0.5, 0.6) is 0 Å². The van der Waals surface area contributed by atoms with Gasteiger partial charge >= 0.3 is 0 Å². The summed E-state index contributed by atoms with van der Waals surface area (Å²) in [5.74, 6) is -1.44. The van der Waals surface area contributed by atoms with E-state index in [9.17, 15) is 9.18 Å². The van der Waals surface area contributed by atoms with Crippen LogP contribution in [-0.2, 0) is 21.1 Å². The number of nitrogens with zero attached hydrogens (tertiary/aromatic N) is 1. The second-order valence-electron chi connectivity index (χ2n) is 2.26. The van der Waals surface area contributed by atoms with Crippen LogP contribution < -0.4 is 11.5 Å². The van der Waals surface area contributed by atoms with Crippen molar-refractivity contribution >= 4 is 11.6 Å². The second-order valence-corrected chi connectivity index (χ2v) is 2.26. The minimum atomic E-state index is -0.773. The molecule has 1 rings (SSSR count). The topological polar surface area (TPSA) is 82.0 Å². The molecule has 13 heavy (non-hydrogen) atoms. The summed E-state index contributed by atoms with van der Waals surface area (Å²) < 4.78 is 12.8. The number of hydrogen-bond donors (Lipinski definition) is 2. The van der Waals surface area contributed by atoms with Gasteiger partial charge in [0.05, 0.1) is 5.82 Å². The van der Waals surface area contributed by atoms with Crippen LogP contribution in [0, 0.1) is 18.8 Å². The summed E-state index contributed by atoms with van der Waals surface area (Å²) in [6.45, 7) is 1.39. The van der Waals surface area contributed by atoms with Crippen LogP contribution in [0.4, 0.5) is 10.1 Å². The molecule has 0 saturated carbocycles. The number of rotatable bonds is 1. The number of aromatic nitrogens is 1. The van der Waals surface area contributed by atoms with E-state index in [1.807, 2.05) is 0 Å². The number of carbonyl (C=O) groups excluding carboxylic acids is 1. The first-order chi connectivity index (χ1) is 5.52. The van der Waals surface area contributed by atoms with E-state index in [1.165, 1.54) is 6.92 Å². The zero-order valence-electron chi connectivity index (χ0n) is 6.80. The van der Waals surface area contributed by atoms with Gasteiger partial charge in [-0.3, -0.25) is 9.37 Å². The second kappa shape index (κ2) is 4.32. The third-order valence-electron chi connectivity index (χ3n) is 1.32. The Morgan fingerprint density at radius 1 is 1.62 bits per heavy atom. The molecule has 0 atom stereocenters. The third-order valence-corrected chi connectivity index (χ3v) is 1.32. The fourth-order valence-corrected chi connectivity index (χ4v) is 0.739. The number of halogens is 1. The normalized spacial score (nSPS) is 9.08. The number of carbonyl (C=O) groups is 1. The van der Waals surface area contributed by atoms with Crippen molar-refractivity contribution in [2.24, 2.45) is 5.73 Å². The van der Waals surface area contributed by atoms with Crippen molar-refractivity contribution < 1.29 is 30.3 Å². The molecule has 0 fully saturated rings. The standard InChI is InChI=1S/C7H7FN3O.W/c1-3-6(8)4(9)2-5(11-3)7(10)12;/h1H3,(H2,9,11)(H2,10,12);/q-1;. The Labute approximate surface area is 88.8 Å². The molecule has 0 radical (unpaired) electrons. The molecular formula is C7H7FN3OW-. The van der Waals surface area contributed by atoms with Gasteiger partial charge in [0.25, 0.3) is 0 Å². The Hall–Kier alpha value is -0.962. The predicted octanol–water partition coefficient (Wildman–Crippen LogP) is 0.00791. The quantitative estimate of drug-likeness (QED) is 0.699. The molecule has 0 aliphatic heterocycles. The number of primary amides is 1. The van der Waals surface area contributed by atoms with E-state index in [2.05, 4.69) is 11.1 Å². The van der Waals surface area contributed by atoms with E-state index in [0.29, 0.717) is 0 Å². The average molecular weight is 352 g/mol. The van der Waals surface area contributed by atoms with Crippen molar-refractivity contribution in [3.63, 3.8) is 0 Å². The summed E-state index contributed by atoms with van der Waals surface area (Å²) in [5.41, 5.74) is 9.73. The Kier molecular flexibility index (Phi) is 4.00. The molecule has 0 bridgehead atoms. The molecule has 1 heterocycles. The van der Waals surface area contributed by atoms with Crippen LogP contribution in [-0.4, -0.2) is 10.9 Å². The summed E-state index contributed by atoms with van der Waals surface area (Å²) in [6, 6.07) is 2.23. The van der Waals surface area contributed by atoms with Gasteiger partial charge in [0, 0.05) is 32.5 Å². The molecule has 0 aliphatic carbocycles. The van der Waals surface area contributed by atoms with E-state index in [1.54, 1.807) is 0 Å². The molecule has 0 aromatic carbocycles. The van der Waals surface area contributed by atoms with Gasteiger partial charge in [-0.25, -0.2) is 0 Å². The molecule has 6 heteroatoms. The molecule has 0 unspecified atom stereocenters. The maximum atomic E-state index is 12.8. The van der Waals surface area contributed by atoms with E-state index in [4.69, 9.17) is 11.5 Å². The minimum Gasteiger partial charge on any atom is -0.417 e. The van der Waals surface area contributed by atoms with E-state index < -0.39 is 11.7 Å². The third kappa shape index (κ3) is 2.49. The van der Waals surface area contributed by atoms with Gasteiger partial charge in [0.1, 0.15) is 0 Å². The number of nitrogen functional groups attached to an aromatic ring is 1. The number of hydrogen-bond acceptors (Lipinski definition) is 3. The summed E-state index contributed by atoms with van der Waals surface area (Å²) in [6.07, 6.45) is 0. The maximum Gasteiger partial charge on any atom is 0.163 e. The fourth-order valence-electron chi connectivity index (χ4n) is 0.739. The fraction of sp³-hybridized carbons (Fsp3) is 0.143. The van der Waals surface area contributed by atoms with Crippen LogP contribution in [0.3, 0.4) is 0 Å². The monoisotopic (exact) mass is 352 g/mol. The van der Waals surface area contributed by atoms with Crippen LogP contribution in [0.1, 0.15) is 16.2 Å². The van der Waals surface area contributed by atoms with Gasteiger partial charge in [0.2, 0.25) is 0 Å². The van der Waals surface area contributed by atoms with Gasteiger partial charge in [0.15, 0.2) is 5.91 Å². The molecule has 1 aromatic heterocycles. The average Bonchev–Trinajstić information content (AvgIpc) is 1.99. The molecule has 4 nitrogen and oxygen atoms in total. The number of nitrogens with two attached hydrogens (primary N) is 2. The molecular weight excluding hydrogens is 345 g/mol. The van der Waals surface area contributed by atoms with Gasteiger partial charge in [-0.15, -0.1) is 6.07 Å². The van der Waals surface area contributed by atoms with Crippen molar-refractivity contribution in [3.05, 3.63) is 23.3 Å². The van der Waals surface area contributed by atoms with E-state index in [0.717, 1.165) is 0 Å². The zero-order valence-corrected chi connectivity index (χ0v) is 9.73. The van der Waals surface area contributed by atoms with Gasteiger partial charge < -0.3 is 16.3 Å². The summed E-state index contributed by atoms with van der Waals surface area (Å²) in [4.78, 5) is 14.1. The predicted molar refractivity (Wildman–Crippen MR) is 40.7 cm³/mol. The first-order valence-electron chi connectivity index (χ1n) is 3.17. The number of amides is 1. The molecule has 70 valence electrons. The number of pyridine rings is 1. The summed E-state index contributed by atoms with van der Waals surface area (Å²) in [5, 5.41) is 0. The Morgan fingerprint density at radius 2 is 2.15 bits per heavy atom. The van der Waals surface area contributed by atoms with Gasteiger partial charge in [-0.1, -0.05) is 0 Å². The van der Waals surface area contributed by atoms with Gasteiger partial charge in [-0.05, 0) is 12.6 Å². The van der Waals surface area contributed by atoms with E-state index in [-0.39, 0.29) is 38.1 Å². The maximum absolute atomic E-state index is 12.8. The molecule has 4 N–H and O–H groups in total. The van der Waals surface area contributed by atoms with Crippen molar-refractivity contribution in [1.29, 1.82) is 0 Å². The molecule has 1 amide bonds. The van der Waals surface area contributed by atoms with Crippen molar-refractivity contribution in [1.82, 2.24) is 4.98 Å². The summed E-state index contributed by atoms with van der Waals surface area (Å²) in [7, 11) is 0. The number of anilines is 1. The van der Waals surface area contributed by atoms with Crippen LogP contribution in [0.2, 0.25) is 0 Å². The van der Waals surface area contributed by atoms with Crippen molar-refractivity contribution in [3.8, 4) is 0 Å². The Balaban J connectivity index is 0.00000144. The first kappa shape index (κ1) is 12.0. The number of aryl methyl sites for hydroxylation is 1. The molecule has 0 spiro atoms. The molecule has 1 aromatic rings.